The Morgan fingerprint density at radius 2 is 2.24 bits per heavy atom. The number of ether oxygens (including phenoxy) is 1. The van der Waals surface area contributed by atoms with Gasteiger partial charge in [-0.2, -0.15) is 0 Å². The van der Waals surface area contributed by atoms with Crippen LogP contribution in [0.15, 0.2) is 22.7 Å². The third-order valence-electron chi connectivity index (χ3n) is 3.01. The van der Waals surface area contributed by atoms with Gasteiger partial charge in [0.25, 0.3) is 5.91 Å². The van der Waals surface area contributed by atoms with Gasteiger partial charge in [0.1, 0.15) is 11.4 Å². The lowest BCUT2D eigenvalue weighted by Crippen LogP contribution is -2.34. The molecule has 5 heteroatoms. The number of halogens is 1. The van der Waals surface area contributed by atoms with E-state index in [1.807, 2.05) is 22.8 Å². The summed E-state index contributed by atoms with van der Waals surface area (Å²) >= 11 is 3.53. The minimum absolute atomic E-state index is 0.0154. The third kappa shape index (κ3) is 1.53. The van der Waals surface area contributed by atoms with Crippen LogP contribution in [0, 0.1) is 0 Å². The summed E-state index contributed by atoms with van der Waals surface area (Å²) in [6.07, 6.45) is 0. The van der Waals surface area contributed by atoms with E-state index < -0.39 is 0 Å². The molecule has 1 N–H and O–H groups in total. The summed E-state index contributed by atoms with van der Waals surface area (Å²) in [7, 11) is 1.64. The Morgan fingerprint density at radius 3 is 3.00 bits per heavy atom. The summed E-state index contributed by atoms with van der Waals surface area (Å²) in [5.74, 6) is 0.769. The maximum atomic E-state index is 11.7. The molecule has 0 aliphatic carbocycles. The van der Waals surface area contributed by atoms with Gasteiger partial charge in [-0.25, -0.2) is 0 Å². The van der Waals surface area contributed by atoms with Crippen molar-refractivity contribution in [2.24, 2.45) is 0 Å². The largest absolute Gasteiger partial charge is 0.497 e. The number of amides is 1. The van der Waals surface area contributed by atoms with Crippen molar-refractivity contribution in [1.29, 1.82) is 0 Å². The second-order valence-corrected chi connectivity index (χ2v) is 4.84. The highest BCUT2D eigenvalue weighted by Crippen LogP contribution is 2.32. The summed E-state index contributed by atoms with van der Waals surface area (Å²) in [5.41, 5.74) is 1.76. The van der Waals surface area contributed by atoms with Crippen molar-refractivity contribution < 1.29 is 9.53 Å². The lowest BCUT2D eigenvalue weighted by Gasteiger charge is -2.17. The van der Waals surface area contributed by atoms with Crippen LogP contribution in [0.1, 0.15) is 10.5 Å². The van der Waals surface area contributed by atoms with E-state index in [1.165, 1.54) is 0 Å². The number of benzene rings is 1. The Morgan fingerprint density at radius 1 is 1.41 bits per heavy atom. The molecule has 0 unspecified atom stereocenters. The molecule has 88 valence electrons. The van der Waals surface area contributed by atoms with Crippen molar-refractivity contribution in [1.82, 2.24) is 9.88 Å². The second-order valence-electron chi connectivity index (χ2n) is 3.98. The standard InChI is InChI=1S/C12H11BrN2O2/c1-17-8-4-7-5-10-12(16)14-2-3-15(10)11(7)9(13)6-8/h4-6H,2-3H2,1H3,(H,14,16). The minimum Gasteiger partial charge on any atom is -0.497 e. The first kappa shape index (κ1) is 10.7. The molecule has 0 atom stereocenters. The molecule has 17 heavy (non-hydrogen) atoms. The van der Waals surface area contributed by atoms with E-state index in [0.717, 1.165) is 27.7 Å². The maximum absolute atomic E-state index is 11.7. The summed E-state index contributed by atoms with van der Waals surface area (Å²) in [5, 5.41) is 3.86. The van der Waals surface area contributed by atoms with Crippen LogP contribution in [-0.4, -0.2) is 24.1 Å². The van der Waals surface area contributed by atoms with Crippen LogP contribution in [0.2, 0.25) is 0 Å². The first-order valence-corrected chi connectivity index (χ1v) is 6.15. The SMILES string of the molecule is COc1cc(Br)c2c(c1)cc1n2CCNC1=O. The van der Waals surface area contributed by atoms with Gasteiger partial charge < -0.3 is 14.6 Å². The van der Waals surface area contributed by atoms with Gasteiger partial charge in [0.05, 0.1) is 12.6 Å². The summed E-state index contributed by atoms with van der Waals surface area (Å²) in [6.45, 7) is 1.48. The zero-order valence-corrected chi connectivity index (χ0v) is 10.9. The first-order chi connectivity index (χ1) is 8.20. The Bertz CT molecular complexity index is 618. The second kappa shape index (κ2) is 3.77. The van der Waals surface area contributed by atoms with Gasteiger partial charge in [-0.15, -0.1) is 0 Å². The van der Waals surface area contributed by atoms with Crippen LogP contribution in [0.5, 0.6) is 5.75 Å². The monoisotopic (exact) mass is 294 g/mol. The van der Waals surface area contributed by atoms with Crippen LogP contribution in [0.4, 0.5) is 0 Å². The molecule has 3 rings (SSSR count). The predicted molar refractivity (Wildman–Crippen MR) is 68.5 cm³/mol. The van der Waals surface area contributed by atoms with Gasteiger partial charge in [0.15, 0.2) is 0 Å². The molecule has 1 aromatic carbocycles. The molecule has 0 saturated carbocycles. The van der Waals surface area contributed by atoms with Gasteiger partial charge >= 0.3 is 0 Å². The van der Waals surface area contributed by atoms with E-state index in [-0.39, 0.29) is 5.91 Å². The highest BCUT2D eigenvalue weighted by molar-refractivity contribution is 9.10. The quantitative estimate of drug-likeness (QED) is 0.876. The summed E-state index contributed by atoms with van der Waals surface area (Å²) in [4.78, 5) is 11.7. The molecule has 2 aromatic rings. The van der Waals surface area contributed by atoms with Crippen molar-refractivity contribution in [2.45, 2.75) is 6.54 Å². The lowest BCUT2D eigenvalue weighted by molar-refractivity contribution is 0.0929. The molecule has 0 fully saturated rings. The van der Waals surface area contributed by atoms with Crippen LogP contribution < -0.4 is 10.1 Å². The molecular formula is C12H11BrN2O2. The van der Waals surface area contributed by atoms with Gasteiger partial charge in [0, 0.05) is 22.9 Å². The van der Waals surface area contributed by atoms with E-state index in [2.05, 4.69) is 21.2 Å². The molecule has 1 aromatic heterocycles. The molecule has 4 nitrogen and oxygen atoms in total. The summed E-state index contributed by atoms with van der Waals surface area (Å²) < 4.78 is 8.21. The number of nitrogens with one attached hydrogen (secondary N) is 1. The number of methoxy groups -OCH3 is 1. The van der Waals surface area contributed by atoms with Crippen molar-refractivity contribution >= 4 is 32.7 Å². The van der Waals surface area contributed by atoms with E-state index in [4.69, 9.17) is 4.74 Å². The molecule has 0 spiro atoms. The molecule has 1 aliphatic rings. The number of fused-ring (bicyclic) bond motifs is 3. The van der Waals surface area contributed by atoms with Crippen LogP contribution in [0.25, 0.3) is 10.9 Å². The van der Waals surface area contributed by atoms with E-state index in [9.17, 15) is 4.79 Å². The lowest BCUT2D eigenvalue weighted by atomic mass is 10.2. The molecule has 0 radical (unpaired) electrons. The van der Waals surface area contributed by atoms with Gasteiger partial charge in [-0.3, -0.25) is 4.79 Å². The molecule has 2 heterocycles. The van der Waals surface area contributed by atoms with Crippen LogP contribution in [0.3, 0.4) is 0 Å². The Balaban J connectivity index is 2.34. The Kier molecular flexibility index (Phi) is 2.36. The molecular weight excluding hydrogens is 284 g/mol. The van der Waals surface area contributed by atoms with Crippen molar-refractivity contribution in [2.75, 3.05) is 13.7 Å². The van der Waals surface area contributed by atoms with Gasteiger partial charge in [-0.05, 0) is 34.1 Å². The van der Waals surface area contributed by atoms with Crippen molar-refractivity contribution in [3.05, 3.63) is 28.4 Å². The first-order valence-electron chi connectivity index (χ1n) is 5.35. The average Bonchev–Trinajstić information content (AvgIpc) is 2.69. The molecule has 1 amide bonds. The fraction of sp³-hybridized carbons (Fsp3) is 0.250. The fourth-order valence-corrected chi connectivity index (χ4v) is 2.91. The van der Waals surface area contributed by atoms with E-state index >= 15 is 0 Å². The highest BCUT2D eigenvalue weighted by atomic mass is 79.9. The smallest absolute Gasteiger partial charge is 0.268 e. The molecule has 0 saturated heterocycles. The van der Waals surface area contributed by atoms with Gasteiger partial charge in [-0.1, -0.05) is 0 Å². The van der Waals surface area contributed by atoms with Crippen LogP contribution in [-0.2, 0) is 6.54 Å². The number of hydrogen-bond donors (Lipinski definition) is 1. The van der Waals surface area contributed by atoms with Crippen molar-refractivity contribution in [3.63, 3.8) is 0 Å². The molecule has 1 aliphatic heterocycles. The number of aromatic nitrogens is 1. The zero-order valence-electron chi connectivity index (χ0n) is 9.29. The molecule has 0 bridgehead atoms. The number of carbonyl (C=O) groups is 1. The maximum Gasteiger partial charge on any atom is 0.268 e. The van der Waals surface area contributed by atoms with Crippen LogP contribution >= 0.6 is 15.9 Å². The average molecular weight is 295 g/mol. The number of carbonyl (C=O) groups excluding carboxylic acids is 1. The van der Waals surface area contributed by atoms with Crippen molar-refractivity contribution in [3.8, 4) is 5.75 Å². The van der Waals surface area contributed by atoms with E-state index in [1.54, 1.807) is 7.11 Å². The van der Waals surface area contributed by atoms with Gasteiger partial charge in [0.2, 0.25) is 0 Å². The number of hydrogen-bond acceptors (Lipinski definition) is 2. The topological polar surface area (TPSA) is 43.3 Å². The highest BCUT2D eigenvalue weighted by Gasteiger charge is 2.21. The minimum atomic E-state index is -0.0154. The Hall–Kier alpha value is -1.49. The number of nitrogens with zero attached hydrogens (tertiary/aromatic N) is 1. The van der Waals surface area contributed by atoms with E-state index in [0.29, 0.717) is 12.2 Å². The zero-order chi connectivity index (χ0) is 12.0. The normalized spacial score (nSPS) is 14.6. The fourth-order valence-electron chi connectivity index (χ4n) is 2.24. The third-order valence-corrected chi connectivity index (χ3v) is 3.61. The summed E-state index contributed by atoms with van der Waals surface area (Å²) in [6, 6.07) is 5.76. The number of rotatable bonds is 1. The predicted octanol–water partition coefficient (Wildman–Crippen LogP) is 2.16. The Labute approximate surface area is 107 Å².